The molecule has 1 aliphatic rings. The van der Waals surface area contributed by atoms with Gasteiger partial charge in [-0.25, -0.2) is 0 Å². The molecule has 3 nitrogen and oxygen atoms in total. The van der Waals surface area contributed by atoms with E-state index in [9.17, 15) is 0 Å². The Morgan fingerprint density at radius 1 is 0.525 bits per heavy atom. The molecule has 0 N–H and O–H groups in total. The first-order valence-electron chi connectivity index (χ1n) is 14.0. The first-order valence-corrected chi connectivity index (χ1v) is 14.0. The van der Waals surface area contributed by atoms with E-state index >= 15 is 0 Å². The highest BCUT2D eigenvalue weighted by molar-refractivity contribution is 6.65. The normalized spacial score (nSPS) is 16.6. The molecule has 7 aromatic rings. The Kier molecular flexibility index (Phi) is 4.87. The SMILES string of the molecule is CC1(C)OB(c2ccc(-c3ccc4c5ccccc5c5ccccc5c4c3)c3c2oc2ccccc23)OC1(C)C. The van der Waals surface area contributed by atoms with Crippen LogP contribution in [0.4, 0.5) is 0 Å². The maximum atomic E-state index is 6.55. The number of hydrogen-bond acceptors (Lipinski definition) is 3. The van der Waals surface area contributed by atoms with Crippen LogP contribution in [0.25, 0.3) is 65.4 Å². The monoisotopic (exact) mass is 520 g/mol. The Morgan fingerprint density at radius 2 is 1.05 bits per heavy atom. The summed E-state index contributed by atoms with van der Waals surface area (Å²) in [4.78, 5) is 0. The molecule has 0 saturated carbocycles. The van der Waals surface area contributed by atoms with Crippen molar-refractivity contribution in [1.82, 2.24) is 0 Å². The molecule has 1 aromatic heterocycles. The van der Waals surface area contributed by atoms with Gasteiger partial charge in [0.05, 0.1) is 11.2 Å². The summed E-state index contributed by atoms with van der Waals surface area (Å²) in [6.45, 7) is 8.33. The first kappa shape index (κ1) is 23.7. The van der Waals surface area contributed by atoms with Crippen molar-refractivity contribution in [3.63, 3.8) is 0 Å². The summed E-state index contributed by atoms with van der Waals surface area (Å²) >= 11 is 0. The third kappa shape index (κ3) is 3.27. The van der Waals surface area contributed by atoms with Gasteiger partial charge in [0.25, 0.3) is 0 Å². The number of furan rings is 1. The fourth-order valence-corrected chi connectivity index (χ4v) is 6.32. The minimum Gasteiger partial charge on any atom is -0.456 e. The zero-order valence-corrected chi connectivity index (χ0v) is 23.1. The summed E-state index contributed by atoms with van der Waals surface area (Å²) in [6, 6.07) is 36.9. The highest BCUT2D eigenvalue weighted by atomic mass is 16.7. The van der Waals surface area contributed by atoms with Crippen molar-refractivity contribution in [3.05, 3.63) is 103 Å². The lowest BCUT2D eigenvalue weighted by atomic mass is 9.77. The van der Waals surface area contributed by atoms with Crippen LogP contribution in [0.15, 0.2) is 108 Å². The Morgan fingerprint density at radius 3 is 1.68 bits per heavy atom. The summed E-state index contributed by atoms with van der Waals surface area (Å²) in [5, 5.41) is 9.80. The van der Waals surface area contributed by atoms with E-state index in [4.69, 9.17) is 13.7 Å². The summed E-state index contributed by atoms with van der Waals surface area (Å²) < 4.78 is 19.5. The number of hydrogen-bond donors (Lipinski definition) is 0. The van der Waals surface area contributed by atoms with Crippen LogP contribution in [0.5, 0.6) is 0 Å². The summed E-state index contributed by atoms with van der Waals surface area (Å²) in [5.74, 6) is 0. The second kappa shape index (κ2) is 8.20. The maximum absolute atomic E-state index is 6.55. The van der Waals surface area contributed by atoms with Gasteiger partial charge in [0, 0.05) is 16.2 Å². The predicted molar refractivity (Wildman–Crippen MR) is 167 cm³/mol. The Balaban J connectivity index is 1.41. The maximum Gasteiger partial charge on any atom is 0.498 e. The van der Waals surface area contributed by atoms with Gasteiger partial charge in [0.1, 0.15) is 11.2 Å². The van der Waals surface area contributed by atoms with E-state index in [1.165, 1.54) is 32.3 Å². The molecule has 0 unspecified atom stereocenters. The quantitative estimate of drug-likeness (QED) is 0.168. The second-order valence-corrected chi connectivity index (χ2v) is 11.9. The van der Waals surface area contributed by atoms with Crippen LogP contribution < -0.4 is 5.46 Å². The van der Waals surface area contributed by atoms with E-state index in [1.54, 1.807) is 0 Å². The van der Waals surface area contributed by atoms with Gasteiger partial charge in [0.15, 0.2) is 0 Å². The van der Waals surface area contributed by atoms with Gasteiger partial charge >= 0.3 is 7.12 Å². The molecule has 8 rings (SSSR count). The average Bonchev–Trinajstić information content (AvgIpc) is 3.45. The predicted octanol–water partition coefficient (Wildman–Crippen LogP) is 9.01. The largest absolute Gasteiger partial charge is 0.498 e. The van der Waals surface area contributed by atoms with Crippen molar-refractivity contribution in [2.45, 2.75) is 38.9 Å². The average molecular weight is 520 g/mol. The Labute approximate surface area is 233 Å². The van der Waals surface area contributed by atoms with Crippen molar-refractivity contribution in [2.75, 3.05) is 0 Å². The zero-order valence-electron chi connectivity index (χ0n) is 23.1. The molecule has 1 aliphatic heterocycles. The third-order valence-electron chi connectivity index (χ3n) is 9.12. The molecule has 6 aromatic carbocycles. The highest BCUT2D eigenvalue weighted by Gasteiger charge is 2.52. The molecular weight excluding hydrogens is 491 g/mol. The van der Waals surface area contributed by atoms with Crippen LogP contribution >= 0.6 is 0 Å². The molecule has 4 heteroatoms. The van der Waals surface area contributed by atoms with Crippen LogP contribution in [-0.4, -0.2) is 18.3 Å². The number of benzene rings is 6. The van der Waals surface area contributed by atoms with Crippen LogP contribution in [-0.2, 0) is 9.31 Å². The smallest absolute Gasteiger partial charge is 0.456 e. The third-order valence-corrected chi connectivity index (χ3v) is 9.12. The van der Waals surface area contributed by atoms with Crippen molar-refractivity contribution >= 4 is 66.8 Å². The summed E-state index contributed by atoms with van der Waals surface area (Å²) in [7, 11) is -0.506. The van der Waals surface area contributed by atoms with E-state index < -0.39 is 18.3 Å². The number of rotatable bonds is 2. The fourth-order valence-electron chi connectivity index (χ4n) is 6.32. The zero-order chi connectivity index (χ0) is 27.2. The number of fused-ring (bicyclic) bond motifs is 9. The van der Waals surface area contributed by atoms with Gasteiger partial charge in [-0.15, -0.1) is 0 Å². The van der Waals surface area contributed by atoms with Gasteiger partial charge in [0.2, 0.25) is 0 Å². The lowest BCUT2D eigenvalue weighted by Gasteiger charge is -2.32. The topological polar surface area (TPSA) is 31.6 Å². The minimum atomic E-state index is -0.506. The van der Waals surface area contributed by atoms with Gasteiger partial charge in [-0.2, -0.15) is 0 Å². The molecule has 0 amide bonds. The molecule has 0 spiro atoms. The van der Waals surface area contributed by atoms with Crippen molar-refractivity contribution < 1.29 is 13.7 Å². The Hall–Kier alpha value is -4.12. The van der Waals surface area contributed by atoms with Crippen LogP contribution in [0.3, 0.4) is 0 Å². The van der Waals surface area contributed by atoms with Crippen LogP contribution in [0.2, 0.25) is 0 Å². The summed E-state index contributed by atoms with van der Waals surface area (Å²) in [5.41, 5.74) is 4.03. The number of para-hydroxylation sites is 1. The summed E-state index contributed by atoms with van der Waals surface area (Å²) in [6.07, 6.45) is 0. The highest BCUT2D eigenvalue weighted by Crippen LogP contribution is 2.42. The van der Waals surface area contributed by atoms with E-state index in [2.05, 4.69) is 119 Å². The lowest BCUT2D eigenvalue weighted by Crippen LogP contribution is -2.41. The van der Waals surface area contributed by atoms with E-state index in [1.807, 2.05) is 12.1 Å². The van der Waals surface area contributed by atoms with Crippen LogP contribution in [0, 0.1) is 0 Å². The van der Waals surface area contributed by atoms with E-state index in [0.717, 1.165) is 38.5 Å². The molecule has 1 saturated heterocycles. The molecule has 2 heterocycles. The van der Waals surface area contributed by atoms with Gasteiger partial charge in [-0.1, -0.05) is 91.0 Å². The lowest BCUT2D eigenvalue weighted by molar-refractivity contribution is 0.00578. The van der Waals surface area contributed by atoms with Crippen molar-refractivity contribution in [2.24, 2.45) is 0 Å². The Bertz CT molecular complexity index is 2080. The van der Waals surface area contributed by atoms with Gasteiger partial charge in [-0.05, 0) is 83.3 Å². The standard InChI is InChI=1S/C36H29BO3/c1-35(2)36(3,4)40-37(39-35)31-20-19-23(33-29-15-9-10-16-32(29)38-34(31)33)22-17-18-28-26-13-6-5-11-24(26)25-12-7-8-14-27(25)30(28)21-22/h5-21H,1-4H3. The fraction of sp³-hybridized carbons (Fsp3) is 0.167. The van der Waals surface area contributed by atoms with Crippen LogP contribution in [0.1, 0.15) is 27.7 Å². The van der Waals surface area contributed by atoms with Crippen molar-refractivity contribution in [1.29, 1.82) is 0 Å². The molecule has 0 aliphatic carbocycles. The first-order chi connectivity index (χ1) is 19.3. The molecule has 194 valence electrons. The van der Waals surface area contributed by atoms with Gasteiger partial charge in [-0.3, -0.25) is 0 Å². The molecular formula is C36H29BO3. The molecule has 0 radical (unpaired) electrons. The van der Waals surface area contributed by atoms with E-state index in [-0.39, 0.29) is 0 Å². The molecule has 0 atom stereocenters. The molecule has 40 heavy (non-hydrogen) atoms. The molecule has 1 fully saturated rings. The minimum absolute atomic E-state index is 0.434. The van der Waals surface area contributed by atoms with Gasteiger partial charge < -0.3 is 13.7 Å². The second-order valence-electron chi connectivity index (χ2n) is 11.9. The van der Waals surface area contributed by atoms with Crippen molar-refractivity contribution in [3.8, 4) is 11.1 Å². The molecule has 0 bridgehead atoms. The van der Waals surface area contributed by atoms with E-state index in [0.29, 0.717) is 0 Å².